The van der Waals surface area contributed by atoms with Gasteiger partial charge in [0.05, 0.1) is 11.2 Å². The molecule has 0 atom stereocenters. The Morgan fingerprint density at radius 3 is 2.84 bits per heavy atom. The predicted octanol–water partition coefficient (Wildman–Crippen LogP) is 2.26. The highest BCUT2D eigenvalue weighted by Crippen LogP contribution is 2.17. The van der Waals surface area contributed by atoms with Gasteiger partial charge in [-0.2, -0.15) is 5.10 Å². The summed E-state index contributed by atoms with van der Waals surface area (Å²) >= 11 is 0. The molecule has 2 heterocycles. The van der Waals surface area contributed by atoms with E-state index in [2.05, 4.69) is 39.7 Å². The van der Waals surface area contributed by atoms with Gasteiger partial charge in [0.15, 0.2) is 0 Å². The minimum absolute atomic E-state index is 0.760. The van der Waals surface area contributed by atoms with E-state index in [1.165, 1.54) is 16.5 Å². The van der Waals surface area contributed by atoms with Crippen molar-refractivity contribution in [3.63, 3.8) is 0 Å². The minimum Gasteiger partial charge on any atom is -0.307 e. The zero-order valence-electron chi connectivity index (χ0n) is 10.9. The van der Waals surface area contributed by atoms with Gasteiger partial charge in [-0.05, 0) is 17.7 Å². The lowest BCUT2D eigenvalue weighted by Crippen LogP contribution is -2.13. The molecule has 0 aliphatic carbocycles. The molecule has 96 valence electrons. The van der Waals surface area contributed by atoms with Crippen LogP contribution < -0.4 is 5.32 Å². The van der Waals surface area contributed by atoms with E-state index in [0.717, 1.165) is 18.8 Å². The van der Waals surface area contributed by atoms with Gasteiger partial charge in [-0.15, -0.1) is 0 Å². The predicted molar refractivity (Wildman–Crippen MR) is 75.5 cm³/mol. The highest BCUT2D eigenvalue weighted by Gasteiger charge is 2.06. The zero-order valence-corrected chi connectivity index (χ0v) is 10.9. The van der Waals surface area contributed by atoms with Crippen LogP contribution in [0.5, 0.6) is 0 Å². The molecule has 2 aromatic heterocycles. The summed E-state index contributed by atoms with van der Waals surface area (Å²) in [6.45, 7) is 1.56. The van der Waals surface area contributed by atoms with Gasteiger partial charge >= 0.3 is 0 Å². The zero-order chi connectivity index (χ0) is 13.1. The number of hydrogen-bond donors (Lipinski definition) is 1. The third-order valence-electron chi connectivity index (χ3n) is 3.18. The number of nitrogens with one attached hydrogen (secondary N) is 1. The van der Waals surface area contributed by atoms with Crippen molar-refractivity contribution < 1.29 is 0 Å². The molecule has 0 saturated carbocycles. The second kappa shape index (κ2) is 5.20. The molecular weight excluding hydrogens is 236 g/mol. The topological polar surface area (TPSA) is 42.7 Å². The van der Waals surface area contributed by atoms with Crippen molar-refractivity contribution in [1.82, 2.24) is 20.1 Å². The van der Waals surface area contributed by atoms with Gasteiger partial charge in [0, 0.05) is 37.9 Å². The van der Waals surface area contributed by atoms with Gasteiger partial charge in [-0.1, -0.05) is 24.3 Å². The third kappa shape index (κ3) is 2.48. The second-order valence-electron chi connectivity index (χ2n) is 4.55. The summed E-state index contributed by atoms with van der Waals surface area (Å²) in [7, 11) is 1.98. The van der Waals surface area contributed by atoms with Crippen LogP contribution in [0.2, 0.25) is 0 Å². The summed E-state index contributed by atoms with van der Waals surface area (Å²) in [5, 5.41) is 9.18. The van der Waals surface area contributed by atoms with E-state index in [0.29, 0.717) is 0 Å². The van der Waals surface area contributed by atoms with Crippen LogP contribution in [0.1, 0.15) is 11.3 Å². The molecule has 1 N–H and O–H groups in total. The van der Waals surface area contributed by atoms with Crippen LogP contribution >= 0.6 is 0 Å². The Hall–Kier alpha value is -2.20. The van der Waals surface area contributed by atoms with Crippen molar-refractivity contribution in [2.45, 2.75) is 13.1 Å². The normalized spacial score (nSPS) is 11.0. The van der Waals surface area contributed by atoms with Crippen LogP contribution in [0.3, 0.4) is 0 Å². The molecule has 0 radical (unpaired) electrons. The van der Waals surface area contributed by atoms with Crippen LogP contribution in [0, 0.1) is 0 Å². The number of rotatable bonds is 4. The molecule has 0 amide bonds. The van der Waals surface area contributed by atoms with Crippen LogP contribution in [0.25, 0.3) is 10.9 Å². The highest BCUT2D eigenvalue weighted by atomic mass is 15.3. The summed E-state index contributed by atoms with van der Waals surface area (Å²) in [5.74, 6) is 0. The van der Waals surface area contributed by atoms with Crippen LogP contribution in [-0.4, -0.2) is 14.8 Å². The van der Waals surface area contributed by atoms with Crippen molar-refractivity contribution >= 4 is 10.9 Å². The summed E-state index contributed by atoms with van der Waals surface area (Å²) in [5.41, 5.74) is 3.44. The number of pyridine rings is 1. The average Bonchev–Trinajstić information content (AvgIpc) is 2.78. The fraction of sp³-hybridized carbons (Fsp3) is 0.200. The van der Waals surface area contributed by atoms with Crippen molar-refractivity contribution in [2.24, 2.45) is 7.05 Å². The maximum Gasteiger partial charge on any atom is 0.0841 e. The molecule has 0 aliphatic heterocycles. The quantitative estimate of drug-likeness (QED) is 0.774. The summed E-state index contributed by atoms with van der Waals surface area (Å²) in [6.07, 6.45) is 3.67. The number of aromatic nitrogens is 3. The lowest BCUT2D eigenvalue weighted by molar-refractivity contribution is 0.660. The van der Waals surface area contributed by atoms with Crippen molar-refractivity contribution in [1.29, 1.82) is 0 Å². The first-order valence-corrected chi connectivity index (χ1v) is 6.35. The summed E-state index contributed by atoms with van der Waals surface area (Å²) in [6, 6.07) is 12.3. The molecule has 3 rings (SSSR count). The molecule has 0 saturated heterocycles. The maximum atomic E-state index is 4.56. The van der Waals surface area contributed by atoms with Gasteiger partial charge in [0.25, 0.3) is 0 Å². The smallest absolute Gasteiger partial charge is 0.0841 e. The van der Waals surface area contributed by atoms with E-state index < -0.39 is 0 Å². The van der Waals surface area contributed by atoms with Crippen LogP contribution in [-0.2, 0) is 20.1 Å². The third-order valence-corrected chi connectivity index (χ3v) is 3.18. The fourth-order valence-corrected chi connectivity index (χ4v) is 2.25. The van der Waals surface area contributed by atoms with Crippen molar-refractivity contribution in [3.8, 4) is 0 Å². The van der Waals surface area contributed by atoms with E-state index in [1.807, 2.05) is 30.1 Å². The van der Waals surface area contributed by atoms with E-state index in [1.54, 1.807) is 6.20 Å². The molecule has 0 bridgehead atoms. The first-order chi connectivity index (χ1) is 9.34. The Kier molecular flexibility index (Phi) is 3.25. The summed E-state index contributed by atoms with van der Waals surface area (Å²) in [4.78, 5) is 4.10. The molecule has 19 heavy (non-hydrogen) atoms. The molecule has 3 aromatic rings. The molecule has 0 aliphatic rings. The lowest BCUT2D eigenvalue weighted by atomic mass is 10.2. The number of nitrogens with zero attached hydrogens (tertiary/aromatic N) is 3. The van der Waals surface area contributed by atoms with E-state index in [4.69, 9.17) is 0 Å². The molecule has 1 aromatic carbocycles. The number of fused-ring (bicyclic) bond motifs is 1. The van der Waals surface area contributed by atoms with Crippen molar-refractivity contribution in [3.05, 3.63) is 60.0 Å². The minimum atomic E-state index is 0.760. The Bertz CT molecular complexity index is 673. The maximum absolute atomic E-state index is 4.56. The Morgan fingerprint density at radius 1 is 1.11 bits per heavy atom. The monoisotopic (exact) mass is 252 g/mol. The van der Waals surface area contributed by atoms with Crippen LogP contribution in [0.15, 0.2) is 48.8 Å². The van der Waals surface area contributed by atoms with Gasteiger partial charge in [0.1, 0.15) is 0 Å². The highest BCUT2D eigenvalue weighted by molar-refractivity contribution is 5.81. The van der Waals surface area contributed by atoms with Gasteiger partial charge in [0.2, 0.25) is 0 Å². The first-order valence-electron chi connectivity index (χ1n) is 6.35. The number of para-hydroxylation sites is 1. The number of aryl methyl sites for hydroxylation is 1. The van der Waals surface area contributed by atoms with E-state index in [9.17, 15) is 0 Å². The van der Waals surface area contributed by atoms with E-state index >= 15 is 0 Å². The molecule has 0 unspecified atom stereocenters. The Morgan fingerprint density at radius 2 is 2.00 bits per heavy atom. The number of benzene rings is 1. The molecular formula is C15H16N4. The van der Waals surface area contributed by atoms with E-state index in [-0.39, 0.29) is 0 Å². The van der Waals surface area contributed by atoms with Gasteiger partial charge < -0.3 is 5.32 Å². The standard InChI is InChI=1S/C15H16N4/c1-19-15-7-3-2-6-13(15)14(18-19)11-17-10-12-5-4-8-16-9-12/h2-9,17H,10-11H2,1H3. The Labute approximate surface area is 112 Å². The van der Waals surface area contributed by atoms with Gasteiger partial charge in [-0.25, -0.2) is 0 Å². The average molecular weight is 252 g/mol. The molecule has 0 fully saturated rings. The Balaban J connectivity index is 1.72. The second-order valence-corrected chi connectivity index (χ2v) is 4.55. The molecule has 4 nitrogen and oxygen atoms in total. The SMILES string of the molecule is Cn1nc(CNCc2cccnc2)c2ccccc21. The first kappa shape index (κ1) is 11.9. The molecule has 4 heteroatoms. The van der Waals surface area contributed by atoms with Gasteiger partial charge in [-0.3, -0.25) is 9.67 Å². The largest absolute Gasteiger partial charge is 0.307 e. The lowest BCUT2D eigenvalue weighted by Gasteiger charge is -2.02. The number of hydrogen-bond acceptors (Lipinski definition) is 3. The molecule has 0 spiro atoms. The van der Waals surface area contributed by atoms with Crippen molar-refractivity contribution in [2.75, 3.05) is 0 Å². The fourth-order valence-electron chi connectivity index (χ4n) is 2.25. The summed E-state index contributed by atoms with van der Waals surface area (Å²) < 4.78 is 1.93. The van der Waals surface area contributed by atoms with Crippen LogP contribution in [0.4, 0.5) is 0 Å².